The monoisotopic (exact) mass is 591 g/mol. The highest BCUT2D eigenvalue weighted by molar-refractivity contribution is 5.64. The van der Waals surface area contributed by atoms with Crippen LogP contribution in [0, 0.1) is 0 Å². The van der Waals surface area contributed by atoms with Crippen molar-refractivity contribution in [2.75, 3.05) is 6.61 Å². The van der Waals surface area contributed by atoms with Crippen molar-refractivity contribution in [3.8, 4) is 46.3 Å². The van der Waals surface area contributed by atoms with Gasteiger partial charge in [-0.1, -0.05) is 0 Å². The number of carbonyl (C=O) groups is 1. The van der Waals surface area contributed by atoms with Crippen LogP contribution in [0.1, 0.15) is 34.6 Å². The summed E-state index contributed by atoms with van der Waals surface area (Å²) in [6, 6.07) is 20.3. The van der Waals surface area contributed by atoms with E-state index in [9.17, 15) is 4.79 Å². The number of aromatic nitrogens is 2. The molecule has 0 fully saturated rings. The number of rotatable bonds is 12. The first-order valence-electron chi connectivity index (χ1n) is 13.7. The number of pyridine rings is 2. The van der Waals surface area contributed by atoms with Gasteiger partial charge in [0.15, 0.2) is 0 Å². The summed E-state index contributed by atoms with van der Waals surface area (Å²) in [4.78, 5) is 18.8. The van der Waals surface area contributed by atoms with Gasteiger partial charge < -0.3 is 39.2 Å². The molecule has 11 nitrogen and oxygen atoms in total. The SMILES string of the molecule is CC(C)Oc1ccc(Oc2ccc(O)cc2)nc1.CC(COc1ccc(Oc2ccc(OC(C)C)cn2)cc1)NC(=O)O. The predicted octanol–water partition coefficient (Wildman–Crippen LogP) is 7.06. The molecule has 1 unspecified atom stereocenters. The number of phenolic OH excluding ortho intramolecular Hbond substituents is 1. The van der Waals surface area contributed by atoms with Gasteiger partial charge in [0.25, 0.3) is 0 Å². The van der Waals surface area contributed by atoms with Crippen LogP contribution in [0.25, 0.3) is 0 Å². The van der Waals surface area contributed by atoms with Crippen molar-refractivity contribution in [3.05, 3.63) is 85.2 Å². The number of amides is 1. The highest BCUT2D eigenvalue weighted by Gasteiger charge is 2.07. The molecule has 0 saturated carbocycles. The van der Waals surface area contributed by atoms with E-state index in [1.165, 1.54) is 0 Å². The summed E-state index contributed by atoms with van der Waals surface area (Å²) in [5, 5.41) is 20.1. The summed E-state index contributed by atoms with van der Waals surface area (Å²) < 4.78 is 27.7. The van der Waals surface area contributed by atoms with Crippen molar-refractivity contribution in [1.29, 1.82) is 0 Å². The van der Waals surface area contributed by atoms with E-state index < -0.39 is 6.09 Å². The van der Waals surface area contributed by atoms with Gasteiger partial charge in [0.1, 0.15) is 41.1 Å². The van der Waals surface area contributed by atoms with Crippen molar-refractivity contribution in [1.82, 2.24) is 15.3 Å². The minimum atomic E-state index is -1.07. The van der Waals surface area contributed by atoms with E-state index in [4.69, 9.17) is 33.9 Å². The fourth-order valence-electron chi connectivity index (χ4n) is 3.37. The summed E-state index contributed by atoms with van der Waals surface area (Å²) >= 11 is 0. The molecule has 43 heavy (non-hydrogen) atoms. The van der Waals surface area contributed by atoms with Crippen LogP contribution < -0.4 is 29.0 Å². The van der Waals surface area contributed by atoms with Crippen LogP contribution in [0.3, 0.4) is 0 Å². The maximum Gasteiger partial charge on any atom is 0.404 e. The van der Waals surface area contributed by atoms with Gasteiger partial charge in [0.2, 0.25) is 11.8 Å². The van der Waals surface area contributed by atoms with Gasteiger partial charge >= 0.3 is 6.09 Å². The third kappa shape index (κ3) is 12.5. The first-order valence-corrected chi connectivity index (χ1v) is 13.7. The first kappa shape index (κ1) is 32.3. The molecule has 3 N–H and O–H groups in total. The molecule has 2 aromatic heterocycles. The largest absolute Gasteiger partial charge is 0.508 e. The normalized spacial score (nSPS) is 11.1. The molecule has 228 valence electrons. The van der Waals surface area contributed by atoms with Gasteiger partial charge in [-0.15, -0.1) is 0 Å². The minimum absolute atomic E-state index is 0.0922. The Labute approximate surface area is 251 Å². The van der Waals surface area contributed by atoms with Crippen LogP contribution in [-0.2, 0) is 0 Å². The quantitative estimate of drug-likeness (QED) is 0.157. The molecule has 1 atom stereocenters. The third-order valence-corrected chi connectivity index (χ3v) is 5.14. The molecule has 0 radical (unpaired) electrons. The molecular formula is C32H37N3O8. The summed E-state index contributed by atoms with van der Waals surface area (Å²) in [6.45, 7) is 9.79. The van der Waals surface area contributed by atoms with Gasteiger partial charge in [0, 0.05) is 12.1 Å². The molecule has 1 amide bonds. The summed E-state index contributed by atoms with van der Waals surface area (Å²) in [5.74, 6) is 4.42. The lowest BCUT2D eigenvalue weighted by atomic mass is 10.3. The Balaban J connectivity index is 0.000000248. The van der Waals surface area contributed by atoms with Crippen molar-refractivity contribution < 1.29 is 38.7 Å². The summed E-state index contributed by atoms with van der Waals surface area (Å²) in [5.41, 5.74) is 0. The second-order valence-corrected chi connectivity index (χ2v) is 9.83. The third-order valence-electron chi connectivity index (χ3n) is 5.14. The van der Waals surface area contributed by atoms with Crippen LogP contribution in [0.5, 0.6) is 46.3 Å². The average Bonchev–Trinajstić information content (AvgIpc) is 2.95. The molecule has 0 aliphatic carbocycles. The van der Waals surface area contributed by atoms with Crippen molar-refractivity contribution in [3.63, 3.8) is 0 Å². The number of hydrogen-bond donors (Lipinski definition) is 3. The molecular weight excluding hydrogens is 554 g/mol. The average molecular weight is 592 g/mol. The number of benzene rings is 2. The van der Waals surface area contributed by atoms with Gasteiger partial charge in [-0.3, -0.25) is 0 Å². The smallest absolute Gasteiger partial charge is 0.404 e. The van der Waals surface area contributed by atoms with E-state index in [1.54, 1.807) is 86.0 Å². The minimum Gasteiger partial charge on any atom is -0.508 e. The van der Waals surface area contributed by atoms with E-state index in [0.717, 1.165) is 0 Å². The van der Waals surface area contributed by atoms with E-state index in [2.05, 4.69) is 15.3 Å². The number of ether oxygens (including phenoxy) is 5. The Kier molecular flexibility index (Phi) is 12.3. The highest BCUT2D eigenvalue weighted by atomic mass is 16.5. The zero-order chi connectivity index (χ0) is 31.2. The Morgan fingerprint density at radius 3 is 1.49 bits per heavy atom. The van der Waals surface area contributed by atoms with Gasteiger partial charge in [-0.2, -0.15) is 0 Å². The number of hydrogen-bond acceptors (Lipinski definition) is 9. The van der Waals surface area contributed by atoms with E-state index in [1.807, 2.05) is 33.8 Å². The Bertz CT molecular complexity index is 1380. The number of nitrogens with one attached hydrogen (secondary N) is 1. The topological polar surface area (TPSA) is 141 Å². The molecule has 4 rings (SSSR count). The van der Waals surface area contributed by atoms with Crippen molar-refractivity contribution >= 4 is 6.09 Å². The van der Waals surface area contributed by atoms with E-state index in [0.29, 0.717) is 40.5 Å². The maximum atomic E-state index is 10.5. The van der Waals surface area contributed by atoms with E-state index in [-0.39, 0.29) is 30.6 Å². The molecule has 0 saturated heterocycles. The zero-order valence-corrected chi connectivity index (χ0v) is 24.8. The van der Waals surface area contributed by atoms with Gasteiger partial charge in [0.05, 0.1) is 30.6 Å². The van der Waals surface area contributed by atoms with Crippen LogP contribution >= 0.6 is 0 Å². The predicted molar refractivity (Wildman–Crippen MR) is 161 cm³/mol. The Morgan fingerprint density at radius 2 is 1.09 bits per heavy atom. The summed E-state index contributed by atoms with van der Waals surface area (Å²) in [7, 11) is 0. The number of aromatic hydroxyl groups is 1. The van der Waals surface area contributed by atoms with E-state index >= 15 is 0 Å². The summed E-state index contributed by atoms with van der Waals surface area (Å²) in [6.07, 6.45) is 2.38. The lowest BCUT2D eigenvalue weighted by molar-refractivity contribution is 0.183. The second kappa shape index (κ2) is 16.3. The van der Waals surface area contributed by atoms with Crippen LogP contribution in [0.2, 0.25) is 0 Å². The Hall–Kier alpha value is -5.19. The molecule has 11 heteroatoms. The van der Waals surface area contributed by atoms with Gasteiger partial charge in [-0.25, -0.2) is 14.8 Å². The lowest BCUT2D eigenvalue weighted by Gasteiger charge is -2.13. The molecule has 0 aliphatic heterocycles. The molecule has 2 aromatic carbocycles. The zero-order valence-electron chi connectivity index (χ0n) is 24.8. The first-order chi connectivity index (χ1) is 20.5. The Morgan fingerprint density at radius 1 is 0.674 bits per heavy atom. The standard InChI is InChI=1S/C18H22N2O5.C14H15NO3/c1-12(2)24-16-8-9-17(19-10-16)25-15-6-4-14(5-7-15)23-11-13(3)20-18(21)22;1-10(2)17-13-7-8-14(15-9-13)18-12-5-3-11(16)4-6-12/h4-10,12-13,20H,11H2,1-3H3,(H,21,22);3-10,16H,1-2H3. The highest BCUT2D eigenvalue weighted by Crippen LogP contribution is 2.25. The van der Waals surface area contributed by atoms with Gasteiger partial charge in [-0.05, 0) is 95.3 Å². The number of nitrogens with zero attached hydrogens (tertiary/aromatic N) is 2. The molecule has 4 aromatic rings. The number of phenols is 1. The molecule has 0 aliphatic rings. The maximum absolute atomic E-state index is 10.5. The van der Waals surface area contributed by atoms with Crippen molar-refractivity contribution in [2.24, 2.45) is 0 Å². The number of carboxylic acid groups (broad SMARTS) is 1. The van der Waals surface area contributed by atoms with Crippen LogP contribution in [0.4, 0.5) is 4.79 Å². The molecule has 0 bridgehead atoms. The fraction of sp³-hybridized carbons (Fsp3) is 0.281. The second-order valence-electron chi connectivity index (χ2n) is 9.83. The van der Waals surface area contributed by atoms with Crippen molar-refractivity contribution in [2.45, 2.75) is 52.9 Å². The lowest BCUT2D eigenvalue weighted by Crippen LogP contribution is -2.35. The molecule has 2 heterocycles. The van der Waals surface area contributed by atoms with Crippen LogP contribution in [0.15, 0.2) is 85.2 Å². The molecule has 0 spiro atoms. The fourth-order valence-corrected chi connectivity index (χ4v) is 3.37. The van der Waals surface area contributed by atoms with Crippen LogP contribution in [-0.4, -0.2) is 51.1 Å².